The van der Waals surface area contributed by atoms with Crippen molar-refractivity contribution in [3.8, 4) is 17.2 Å². The number of piperidine rings is 2. The highest BCUT2D eigenvalue weighted by molar-refractivity contribution is 5.79. The van der Waals surface area contributed by atoms with Gasteiger partial charge in [-0.2, -0.15) is 5.26 Å². The van der Waals surface area contributed by atoms with Crippen LogP contribution in [0.3, 0.4) is 0 Å². The molecule has 2 heterocycles. The molecule has 5 nitrogen and oxygen atoms in total. The molecule has 0 spiro atoms. The predicted octanol–water partition coefficient (Wildman–Crippen LogP) is 5.85. The zero-order chi connectivity index (χ0) is 24.9. The fraction of sp³-hybridized carbons (Fsp3) is 0.333. The number of amides is 1. The summed E-state index contributed by atoms with van der Waals surface area (Å²) in [5, 5.41) is 20.8. The van der Waals surface area contributed by atoms with E-state index in [1.165, 1.54) is 34.4 Å². The summed E-state index contributed by atoms with van der Waals surface area (Å²) in [6.45, 7) is 0.260. The Morgan fingerprint density at radius 3 is 2.25 bits per heavy atom. The van der Waals surface area contributed by atoms with E-state index in [0.717, 1.165) is 19.3 Å². The molecule has 2 unspecified atom stereocenters. The van der Waals surface area contributed by atoms with E-state index >= 15 is 0 Å². The van der Waals surface area contributed by atoms with E-state index in [2.05, 4.69) is 24.3 Å². The lowest BCUT2D eigenvalue weighted by atomic mass is 9.72. The van der Waals surface area contributed by atoms with Crippen LogP contribution in [0.5, 0.6) is 0 Å². The fourth-order valence-electron chi connectivity index (χ4n) is 6.53. The Balaban J connectivity index is 1.21. The zero-order valence-corrected chi connectivity index (χ0v) is 19.9. The Labute approximate surface area is 209 Å². The lowest BCUT2D eigenvalue weighted by Gasteiger charge is -2.51. The van der Waals surface area contributed by atoms with Gasteiger partial charge in [-0.3, -0.25) is 0 Å². The highest BCUT2D eigenvalue weighted by atomic mass is 19.1. The average Bonchev–Trinajstić information content (AvgIpc) is 3.20. The monoisotopic (exact) mass is 482 g/mol. The maximum absolute atomic E-state index is 13.9. The highest BCUT2D eigenvalue weighted by Gasteiger charge is 2.49. The van der Waals surface area contributed by atoms with Crippen molar-refractivity contribution in [2.24, 2.45) is 0 Å². The molecule has 3 aromatic rings. The third-order valence-corrected chi connectivity index (χ3v) is 8.18. The van der Waals surface area contributed by atoms with Crippen molar-refractivity contribution in [2.45, 2.75) is 55.7 Å². The number of nitrogens with zero attached hydrogens (tertiary/aromatic N) is 2. The first-order valence-electron chi connectivity index (χ1n) is 12.5. The van der Waals surface area contributed by atoms with E-state index in [1.54, 1.807) is 6.07 Å². The van der Waals surface area contributed by atoms with Crippen molar-refractivity contribution in [3.63, 3.8) is 0 Å². The van der Waals surface area contributed by atoms with Gasteiger partial charge in [0.25, 0.3) is 0 Å². The summed E-state index contributed by atoms with van der Waals surface area (Å²) in [4.78, 5) is 15.2. The topological polar surface area (TPSA) is 73.6 Å². The summed E-state index contributed by atoms with van der Waals surface area (Å²) < 4.78 is 19.8. The highest BCUT2D eigenvalue weighted by Crippen LogP contribution is 2.46. The van der Waals surface area contributed by atoms with Crippen molar-refractivity contribution in [1.29, 1.82) is 5.26 Å². The van der Waals surface area contributed by atoms with Crippen LogP contribution in [0.25, 0.3) is 11.1 Å². The van der Waals surface area contributed by atoms with Gasteiger partial charge in [0.05, 0.1) is 11.2 Å². The standard InChI is InChI=1S/C30H27FN2O3/c31-28-13-12-20(14-19(28)17-32)30(35)15-21-6-5-7-22(16-30)33(21)29(34)36-18-27-25-10-3-1-8-23(25)24-9-2-4-11-26(24)27/h1-4,8-14,21-22,27,35H,5-7,15-16,18H2. The number of carbonyl (C=O) groups is 1. The van der Waals surface area contributed by atoms with E-state index in [4.69, 9.17) is 4.74 Å². The second-order valence-corrected chi connectivity index (χ2v) is 10.2. The Morgan fingerprint density at radius 1 is 1.03 bits per heavy atom. The molecule has 2 aliphatic heterocycles. The maximum Gasteiger partial charge on any atom is 0.410 e. The largest absolute Gasteiger partial charge is 0.448 e. The van der Waals surface area contributed by atoms with Crippen LogP contribution in [0.15, 0.2) is 66.7 Å². The number of benzene rings is 3. The molecular formula is C30H27FN2O3. The first-order chi connectivity index (χ1) is 17.5. The average molecular weight is 483 g/mol. The second kappa shape index (κ2) is 8.76. The Hall–Kier alpha value is -3.69. The lowest BCUT2D eigenvalue weighted by Crippen LogP contribution is -2.59. The Kier molecular flexibility index (Phi) is 5.54. The Morgan fingerprint density at radius 2 is 1.64 bits per heavy atom. The van der Waals surface area contributed by atoms with E-state index < -0.39 is 11.4 Å². The third-order valence-electron chi connectivity index (χ3n) is 8.18. The van der Waals surface area contributed by atoms with Crippen LogP contribution in [0.4, 0.5) is 9.18 Å². The van der Waals surface area contributed by atoms with Gasteiger partial charge in [-0.05, 0) is 59.2 Å². The van der Waals surface area contributed by atoms with Crippen LogP contribution >= 0.6 is 0 Å². The first kappa shape index (κ1) is 22.8. The molecular weight excluding hydrogens is 455 g/mol. The summed E-state index contributed by atoms with van der Waals surface area (Å²) >= 11 is 0. The van der Waals surface area contributed by atoms with Crippen LogP contribution in [0.1, 0.15) is 60.3 Å². The Bertz CT molecular complexity index is 1320. The fourth-order valence-corrected chi connectivity index (χ4v) is 6.53. The molecule has 0 saturated carbocycles. The smallest absolute Gasteiger partial charge is 0.410 e. The summed E-state index contributed by atoms with van der Waals surface area (Å²) in [6.07, 6.45) is 2.86. The van der Waals surface area contributed by atoms with Gasteiger partial charge in [0.15, 0.2) is 0 Å². The van der Waals surface area contributed by atoms with Gasteiger partial charge >= 0.3 is 6.09 Å². The van der Waals surface area contributed by atoms with Crippen LogP contribution in [0.2, 0.25) is 0 Å². The molecule has 3 aromatic carbocycles. The maximum atomic E-state index is 13.9. The van der Waals surface area contributed by atoms with Gasteiger partial charge in [0.1, 0.15) is 18.5 Å². The van der Waals surface area contributed by atoms with Crippen LogP contribution in [0, 0.1) is 17.1 Å². The molecule has 1 aliphatic carbocycles. The van der Waals surface area contributed by atoms with Crippen LogP contribution in [-0.2, 0) is 10.3 Å². The molecule has 36 heavy (non-hydrogen) atoms. The number of aliphatic hydroxyl groups is 1. The van der Waals surface area contributed by atoms with Crippen LogP contribution < -0.4 is 0 Å². The number of fused-ring (bicyclic) bond motifs is 5. The molecule has 2 atom stereocenters. The molecule has 0 radical (unpaired) electrons. The number of rotatable bonds is 3. The van der Waals surface area contributed by atoms with Gasteiger partial charge in [-0.1, -0.05) is 54.6 Å². The van der Waals surface area contributed by atoms with Gasteiger partial charge in [0, 0.05) is 30.8 Å². The number of hydrogen-bond donors (Lipinski definition) is 1. The molecule has 2 fully saturated rings. The number of nitriles is 1. The van der Waals surface area contributed by atoms with E-state index in [9.17, 15) is 19.6 Å². The predicted molar refractivity (Wildman–Crippen MR) is 133 cm³/mol. The van der Waals surface area contributed by atoms with E-state index in [0.29, 0.717) is 18.4 Å². The van der Waals surface area contributed by atoms with Crippen molar-refractivity contribution in [2.75, 3.05) is 6.61 Å². The quantitative estimate of drug-likeness (QED) is 0.508. The summed E-state index contributed by atoms with van der Waals surface area (Å²) in [6, 6.07) is 22.2. The van der Waals surface area contributed by atoms with Crippen molar-refractivity contribution in [3.05, 3.63) is 94.8 Å². The van der Waals surface area contributed by atoms with Crippen LogP contribution in [-0.4, -0.2) is 34.8 Å². The summed E-state index contributed by atoms with van der Waals surface area (Å²) in [5.74, 6) is -0.604. The molecule has 182 valence electrons. The normalized spacial score (nSPS) is 24.5. The van der Waals surface area contributed by atoms with Gasteiger partial charge in [-0.15, -0.1) is 0 Å². The minimum Gasteiger partial charge on any atom is -0.448 e. The summed E-state index contributed by atoms with van der Waals surface area (Å²) in [5.41, 5.74) is 3.95. The molecule has 6 heteroatoms. The number of carbonyl (C=O) groups excluding carboxylic acids is 1. The van der Waals surface area contributed by atoms with Gasteiger partial charge < -0.3 is 14.7 Å². The van der Waals surface area contributed by atoms with Crippen molar-refractivity contribution in [1.82, 2.24) is 4.90 Å². The molecule has 0 aromatic heterocycles. The van der Waals surface area contributed by atoms with Crippen molar-refractivity contribution < 1.29 is 19.0 Å². The van der Waals surface area contributed by atoms with E-state index in [1.807, 2.05) is 35.2 Å². The minimum atomic E-state index is -1.21. The molecule has 6 rings (SSSR count). The lowest BCUT2D eigenvalue weighted by molar-refractivity contribution is -0.0891. The number of hydrogen-bond acceptors (Lipinski definition) is 4. The van der Waals surface area contributed by atoms with Gasteiger partial charge in [-0.25, -0.2) is 9.18 Å². The molecule has 3 aliphatic rings. The second-order valence-electron chi connectivity index (χ2n) is 10.2. The van der Waals surface area contributed by atoms with E-state index in [-0.39, 0.29) is 36.3 Å². The third kappa shape index (κ3) is 3.66. The molecule has 2 bridgehead atoms. The molecule has 1 amide bonds. The van der Waals surface area contributed by atoms with Gasteiger partial charge in [0.2, 0.25) is 0 Å². The first-order valence-corrected chi connectivity index (χ1v) is 12.5. The number of halogens is 1. The number of ether oxygens (including phenoxy) is 1. The minimum absolute atomic E-state index is 0.00784. The van der Waals surface area contributed by atoms with Crippen molar-refractivity contribution >= 4 is 6.09 Å². The summed E-state index contributed by atoms with van der Waals surface area (Å²) in [7, 11) is 0. The SMILES string of the molecule is N#Cc1cc(C2(O)CC3CCCC(C2)N3C(=O)OCC2c3ccccc3-c3ccccc32)ccc1F. The molecule has 2 saturated heterocycles. The zero-order valence-electron chi connectivity index (χ0n) is 19.9. The molecule has 1 N–H and O–H groups in total.